The highest BCUT2D eigenvalue weighted by atomic mass is 19.4. The van der Waals surface area contributed by atoms with E-state index in [1.807, 2.05) is 25.1 Å². The summed E-state index contributed by atoms with van der Waals surface area (Å²) in [7, 11) is 1.42. The second-order valence-corrected chi connectivity index (χ2v) is 15.2. The van der Waals surface area contributed by atoms with Crippen LogP contribution in [-0.2, 0) is 4.79 Å². The topological polar surface area (TPSA) is 93.7 Å². The van der Waals surface area contributed by atoms with E-state index in [9.17, 15) is 31.1 Å². The number of halogens is 6. The van der Waals surface area contributed by atoms with E-state index < -0.39 is 31.5 Å². The molecule has 1 amide bonds. The van der Waals surface area contributed by atoms with Crippen molar-refractivity contribution < 1.29 is 35.9 Å². The molecule has 1 N–H and O–H groups in total. The molecule has 1 aliphatic carbocycles. The van der Waals surface area contributed by atoms with E-state index in [4.69, 9.17) is 14.7 Å². The highest BCUT2D eigenvalue weighted by Gasteiger charge is 2.47. The highest BCUT2D eigenvalue weighted by Crippen LogP contribution is 2.53. The Morgan fingerprint density at radius 1 is 1.04 bits per heavy atom. The third kappa shape index (κ3) is 6.74. The van der Waals surface area contributed by atoms with Crippen LogP contribution >= 0.6 is 0 Å². The van der Waals surface area contributed by atoms with Gasteiger partial charge in [-0.1, -0.05) is 12.6 Å². The molecular formula is C37H40F6N8O2. The fourth-order valence-corrected chi connectivity index (χ4v) is 8.21. The second kappa shape index (κ2) is 12.8. The Labute approximate surface area is 301 Å². The van der Waals surface area contributed by atoms with Gasteiger partial charge in [0.25, 0.3) is 0 Å². The summed E-state index contributed by atoms with van der Waals surface area (Å²) in [5, 5.41) is 8.50. The number of aromatic nitrogens is 4. The molecule has 1 saturated carbocycles. The fourth-order valence-electron chi connectivity index (χ4n) is 8.21. The number of nitrogens with one attached hydrogen (secondary N) is 1. The third-order valence-electron chi connectivity index (χ3n) is 11.3. The summed E-state index contributed by atoms with van der Waals surface area (Å²) in [6.07, 6.45) is -2.76. The molecular weight excluding hydrogens is 702 g/mol. The van der Waals surface area contributed by atoms with Crippen LogP contribution in [0.4, 0.5) is 38.1 Å². The lowest BCUT2D eigenvalue weighted by Crippen LogP contribution is -2.61. The molecule has 2 aromatic heterocycles. The molecule has 16 heteroatoms. The van der Waals surface area contributed by atoms with Crippen LogP contribution in [0.3, 0.4) is 0 Å². The maximum Gasteiger partial charge on any atom is 0.422 e. The first-order valence-electron chi connectivity index (χ1n) is 17.8. The number of H-pyrrole nitrogens is 1. The lowest BCUT2D eigenvalue weighted by atomic mass is 9.72. The normalized spacial score (nSPS) is 19.3. The molecule has 282 valence electrons. The number of likely N-dealkylation sites (tertiary alicyclic amines) is 1. The second-order valence-electron chi connectivity index (χ2n) is 15.2. The highest BCUT2D eigenvalue weighted by molar-refractivity contribution is 6.06. The molecule has 3 saturated heterocycles. The number of ether oxygens (including phenoxy) is 1. The number of alkyl halides is 6. The van der Waals surface area contributed by atoms with Crippen molar-refractivity contribution in [2.24, 2.45) is 5.41 Å². The Morgan fingerprint density at radius 2 is 1.75 bits per heavy atom. The van der Waals surface area contributed by atoms with Crippen LogP contribution in [0.1, 0.15) is 42.7 Å². The summed E-state index contributed by atoms with van der Waals surface area (Å²) in [6, 6.07) is 5.37. The number of aromatic amines is 1. The van der Waals surface area contributed by atoms with Crippen molar-refractivity contribution in [2.75, 3.05) is 69.3 Å². The maximum absolute atomic E-state index is 14.0. The van der Waals surface area contributed by atoms with Gasteiger partial charge in [-0.3, -0.25) is 14.8 Å². The van der Waals surface area contributed by atoms with Crippen molar-refractivity contribution in [1.82, 2.24) is 30.0 Å². The number of hydrogen-bond donors (Lipinski definition) is 1. The minimum absolute atomic E-state index is 0.000685. The molecule has 5 heterocycles. The van der Waals surface area contributed by atoms with Crippen LogP contribution in [0.2, 0.25) is 0 Å². The molecule has 53 heavy (non-hydrogen) atoms. The number of carbonyl (C=O) groups is 1. The molecule has 1 spiro atoms. The molecule has 0 atom stereocenters. The van der Waals surface area contributed by atoms with Crippen molar-refractivity contribution in [3.8, 4) is 16.9 Å². The smallest absolute Gasteiger partial charge is 0.422 e. The summed E-state index contributed by atoms with van der Waals surface area (Å²) in [5.41, 5.74) is 3.83. The number of fused-ring (bicyclic) bond motifs is 2. The van der Waals surface area contributed by atoms with Gasteiger partial charge in [0.05, 0.1) is 18.3 Å². The molecule has 8 rings (SSSR count). The van der Waals surface area contributed by atoms with Crippen LogP contribution in [0.25, 0.3) is 32.9 Å². The SMILES string of the molecule is C=CC(=O)N1CC2(CCN(c3nc(N4CC(N(C)CC(F)(F)F)C4)nc4c(OCC(F)(F)F)c(-c5c(C)ccc6[nH]ncc56)c(C5CC5)cc34)CC2)C1. The molecule has 10 nitrogen and oxygen atoms in total. The van der Waals surface area contributed by atoms with Gasteiger partial charge < -0.3 is 19.4 Å². The molecule has 0 unspecified atom stereocenters. The van der Waals surface area contributed by atoms with Crippen LogP contribution in [0, 0.1) is 12.3 Å². The first-order valence-corrected chi connectivity index (χ1v) is 17.8. The number of anilines is 2. The van der Waals surface area contributed by atoms with Gasteiger partial charge >= 0.3 is 12.4 Å². The quantitative estimate of drug-likeness (QED) is 0.152. The van der Waals surface area contributed by atoms with Gasteiger partial charge in [-0.05, 0) is 80.5 Å². The summed E-state index contributed by atoms with van der Waals surface area (Å²) < 4.78 is 87.5. The fraction of sp³-hybridized carbons (Fsp3) is 0.514. The number of piperidine rings is 1. The van der Waals surface area contributed by atoms with Crippen LogP contribution in [-0.4, -0.2) is 114 Å². The Bertz CT molecular complexity index is 2070. The lowest BCUT2D eigenvalue weighted by molar-refractivity contribution is -0.153. The first kappa shape index (κ1) is 35.4. The van der Waals surface area contributed by atoms with Crippen molar-refractivity contribution in [1.29, 1.82) is 0 Å². The summed E-state index contributed by atoms with van der Waals surface area (Å²) in [6.45, 7) is 5.75. The Hall–Kier alpha value is -4.60. The number of benzene rings is 2. The first-order chi connectivity index (χ1) is 25.1. The predicted octanol–water partition coefficient (Wildman–Crippen LogP) is 6.60. The van der Waals surface area contributed by atoms with E-state index in [0.717, 1.165) is 47.7 Å². The van der Waals surface area contributed by atoms with Gasteiger partial charge in [0, 0.05) is 67.1 Å². The van der Waals surface area contributed by atoms with Gasteiger partial charge in [-0.2, -0.15) is 36.4 Å². The minimum Gasteiger partial charge on any atom is -0.481 e. The van der Waals surface area contributed by atoms with E-state index in [-0.39, 0.29) is 47.5 Å². The number of rotatable bonds is 9. The van der Waals surface area contributed by atoms with Crippen LogP contribution in [0.15, 0.2) is 37.1 Å². The van der Waals surface area contributed by atoms with Crippen molar-refractivity contribution >= 4 is 39.5 Å². The average Bonchev–Trinajstić information content (AvgIpc) is 3.80. The zero-order chi connectivity index (χ0) is 37.4. The minimum atomic E-state index is -4.65. The molecule has 4 fully saturated rings. The van der Waals surface area contributed by atoms with E-state index in [1.165, 1.54) is 18.0 Å². The molecule has 0 radical (unpaired) electrons. The Kier molecular flexibility index (Phi) is 8.54. The molecule has 3 aliphatic heterocycles. The zero-order valence-electron chi connectivity index (χ0n) is 29.4. The third-order valence-corrected chi connectivity index (χ3v) is 11.3. The number of amides is 1. The standard InChI is InChI=1S/C37H40F6N8O2/c1-4-28(52)51-17-35(18-51)9-11-49(12-10-35)33-25-13-24(22-6-7-22)30(29-21(2)5-8-27-26(29)14-44-47-27)32(53-20-37(41,42)43)31(25)45-34(46-33)50-15-23(16-50)48(3)19-36(38,39)40/h4-5,8,13-14,22-23H,1,6-7,9-12,15-20H2,2-3H3,(H,44,47). The monoisotopic (exact) mass is 742 g/mol. The van der Waals surface area contributed by atoms with Gasteiger partial charge in [-0.15, -0.1) is 0 Å². The van der Waals surface area contributed by atoms with E-state index in [0.29, 0.717) is 48.5 Å². The van der Waals surface area contributed by atoms with Crippen LogP contribution < -0.4 is 14.5 Å². The molecule has 4 aromatic rings. The van der Waals surface area contributed by atoms with Crippen LogP contribution in [0.5, 0.6) is 5.75 Å². The maximum atomic E-state index is 14.0. The van der Waals surface area contributed by atoms with E-state index >= 15 is 0 Å². The van der Waals surface area contributed by atoms with Gasteiger partial charge in [-0.25, -0.2) is 4.98 Å². The Balaban J connectivity index is 1.27. The number of likely N-dealkylation sites (N-methyl/N-ethyl adjacent to an activating group) is 1. The summed E-state index contributed by atoms with van der Waals surface area (Å²) in [4.78, 5) is 29.0. The number of carbonyl (C=O) groups excluding carboxylic acids is 1. The number of aryl methyl sites for hydroxylation is 1. The summed E-state index contributed by atoms with van der Waals surface area (Å²) in [5.74, 6) is 0.755. The number of hydrogen-bond acceptors (Lipinski definition) is 8. The van der Waals surface area contributed by atoms with E-state index in [1.54, 1.807) is 16.0 Å². The van der Waals surface area contributed by atoms with Crippen molar-refractivity contribution in [2.45, 2.75) is 56.9 Å². The molecule has 2 aromatic carbocycles. The van der Waals surface area contributed by atoms with Gasteiger partial charge in [0.15, 0.2) is 12.4 Å². The van der Waals surface area contributed by atoms with Gasteiger partial charge in [0.2, 0.25) is 11.9 Å². The summed E-state index contributed by atoms with van der Waals surface area (Å²) >= 11 is 0. The predicted molar refractivity (Wildman–Crippen MR) is 188 cm³/mol. The lowest BCUT2D eigenvalue weighted by Gasteiger charge is -2.54. The van der Waals surface area contributed by atoms with Crippen molar-refractivity contribution in [3.05, 3.63) is 48.2 Å². The number of nitrogens with zero attached hydrogens (tertiary/aromatic N) is 7. The molecule has 4 aliphatic rings. The van der Waals surface area contributed by atoms with Gasteiger partial charge in [0.1, 0.15) is 11.3 Å². The zero-order valence-corrected chi connectivity index (χ0v) is 29.4. The van der Waals surface area contributed by atoms with E-state index in [2.05, 4.69) is 21.7 Å². The molecule has 0 bridgehead atoms. The average molecular weight is 743 g/mol. The Morgan fingerprint density at radius 3 is 2.40 bits per heavy atom. The van der Waals surface area contributed by atoms with Crippen molar-refractivity contribution in [3.63, 3.8) is 0 Å². The largest absolute Gasteiger partial charge is 0.481 e.